The van der Waals surface area contributed by atoms with E-state index in [9.17, 15) is 9.59 Å². The predicted molar refractivity (Wildman–Crippen MR) is 93.8 cm³/mol. The third-order valence-corrected chi connectivity index (χ3v) is 3.70. The number of carbonyl (C=O) groups is 2. The van der Waals surface area contributed by atoms with E-state index in [0.717, 1.165) is 0 Å². The standard InChI is InChI=1S/C16H13Cl2N3O3/c1-24-11-5-2-4-10(8-11)9-19-21-16(23)15(22)20-13-7-3-6-12(17)14(13)18/h2-9H,1H3,(H,20,22)(H,21,23)/b19-9+. The van der Waals surface area contributed by atoms with Crippen molar-refractivity contribution in [3.63, 3.8) is 0 Å². The number of rotatable bonds is 4. The van der Waals surface area contributed by atoms with E-state index in [0.29, 0.717) is 11.3 Å². The molecule has 0 bridgehead atoms. The first-order valence-corrected chi connectivity index (χ1v) is 7.49. The Morgan fingerprint density at radius 3 is 2.62 bits per heavy atom. The SMILES string of the molecule is COc1cccc(/C=N/NC(=O)C(=O)Nc2cccc(Cl)c2Cl)c1. The Morgan fingerprint density at radius 2 is 1.88 bits per heavy atom. The Hall–Kier alpha value is -2.57. The lowest BCUT2D eigenvalue weighted by molar-refractivity contribution is -0.136. The molecule has 0 aliphatic heterocycles. The number of anilines is 1. The first-order valence-electron chi connectivity index (χ1n) is 6.73. The second-order valence-corrected chi connectivity index (χ2v) is 5.32. The number of hydrogen-bond donors (Lipinski definition) is 2. The number of carbonyl (C=O) groups excluding carboxylic acids is 2. The van der Waals surface area contributed by atoms with Crippen LogP contribution in [0.5, 0.6) is 5.75 Å². The maximum atomic E-state index is 11.8. The molecule has 2 rings (SSSR count). The molecule has 124 valence electrons. The van der Waals surface area contributed by atoms with E-state index in [1.54, 1.807) is 43.5 Å². The zero-order valence-corrected chi connectivity index (χ0v) is 14.1. The first kappa shape index (κ1) is 17.8. The minimum atomic E-state index is -0.940. The molecular weight excluding hydrogens is 353 g/mol. The van der Waals surface area contributed by atoms with Gasteiger partial charge < -0.3 is 10.1 Å². The number of hydrazone groups is 1. The van der Waals surface area contributed by atoms with E-state index >= 15 is 0 Å². The van der Waals surface area contributed by atoms with E-state index < -0.39 is 11.8 Å². The summed E-state index contributed by atoms with van der Waals surface area (Å²) in [6.45, 7) is 0. The summed E-state index contributed by atoms with van der Waals surface area (Å²) in [5.41, 5.74) is 3.06. The molecule has 2 aromatic carbocycles. The zero-order valence-electron chi connectivity index (χ0n) is 12.5. The minimum Gasteiger partial charge on any atom is -0.497 e. The summed E-state index contributed by atoms with van der Waals surface area (Å²) >= 11 is 11.8. The third kappa shape index (κ3) is 4.71. The van der Waals surface area contributed by atoms with E-state index in [-0.39, 0.29) is 15.7 Å². The van der Waals surface area contributed by atoms with Crippen LogP contribution in [-0.2, 0) is 9.59 Å². The summed E-state index contributed by atoms with van der Waals surface area (Å²) in [4.78, 5) is 23.5. The molecule has 0 spiro atoms. The van der Waals surface area contributed by atoms with Crippen molar-refractivity contribution in [1.29, 1.82) is 0 Å². The van der Waals surface area contributed by atoms with Gasteiger partial charge in [-0.05, 0) is 29.8 Å². The summed E-state index contributed by atoms with van der Waals surface area (Å²) in [6.07, 6.45) is 1.39. The highest BCUT2D eigenvalue weighted by Gasteiger charge is 2.15. The topological polar surface area (TPSA) is 79.8 Å². The highest BCUT2D eigenvalue weighted by atomic mass is 35.5. The van der Waals surface area contributed by atoms with Crippen molar-refractivity contribution in [3.8, 4) is 5.75 Å². The van der Waals surface area contributed by atoms with Crippen molar-refractivity contribution in [2.24, 2.45) is 5.10 Å². The number of hydrogen-bond acceptors (Lipinski definition) is 4. The summed E-state index contributed by atoms with van der Waals surface area (Å²) in [6, 6.07) is 11.7. The molecule has 2 N–H and O–H groups in total. The molecule has 0 aliphatic rings. The van der Waals surface area contributed by atoms with E-state index in [1.807, 2.05) is 0 Å². The van der Waals surface area contributed by atoms with Gasteiger partial charge in [-0.1, -0.05) is 41.4 Å². The smallest absolute Gasteiger partial charge is 0.329 e. The van der Waals surface area contributed by atoms with Gasteiger partial charge >= 0.3 is 11.8 Å². The summed E-state index contributed by atoms with van der Waals surface area (Å²) in [7, 11) is 1.54. The number of amides is 2. The summed E-state index contributed by atoms with van der Waals surface area (Å²) in [5, 5.41) is 6.50. The second kappa shape index (κ2) is 8.33. The van der Waals surface area contributed by atoms with Gasteiger partial charge in [0, 0.05) is 0 Å². The molecular formula is C16H13Cl2N3O3. The quantitative estimate of drug-likeness (QED) is 0.496. The van der Waals surface area contributed by atoms with Crippen LogP contribution in [0.25, 0.3) is 0 Å². The van der Waals surface area contributed by atoms with Crippen LogP contribution >= 0.6 is 23.2 Å². The number of benzene rings is 2. The summed E-state index contributed by atoms with van der Waals surface area (Å²) < 4.78 is 5.07. The van der Waals surface area contributed by atoms with Crippen molar-refractivity contribution in [2.45, 2.75) is 0 Å². The van der Waals surface area contributed by atoms with Crippen LogP contribution in [0, 0.1) is 0 Å². The van der Waals surface area contributed by atoms with Gasteiger partial charge in [-0.25, -0.2) is 5.43 Å². The van der Waals surface area contributed by atoms with Gasteiger partial charge in [0.25, 0.3) is 0 Å². The molecule has 24 heavy (non-hydrogen) atoms. The highest BCUT2D eigenvalue weighted by Crippen LogP contribution is 2.29. The van der Waals surface area contributed by atoms with Crippen LogP contribution in [-0.4, -0.2) is 25.1 Å². The lowest BCUT2D eigenvalue weighted by atomic mass is 10.2. The van der Waals surface area contributed by atoms with Crippen molar-refractivity contribution in [2.75, 3.05) is 12.4 Å². The Balaban J connectivity index is 1.95. The Kier molecular flexibility index (Phi) is 6.17. The fourth-order valence-corrected chi connectivity index (χ4v) is 2.07. The van der Waals surface area contributed by atoms with E-state index in [2.05, 4.69) is 15.8 Å². The van der Waals surface area contributed by atoms with E-state index in [4.69, 9.17) is 27.9 Å². The number of nitrogens with one attached hydrogen (secondary N) is 2. The van der Waals surface area contributed by atoms with Crippen molar-refractivity contribution >= 4 is 46.9 Å². The van der Waals surface area contributed by atoms with Crippen molar-refractivity contribution < 1.29 is 14.3 Å². The summed E-state index contributed by atoms with van der Waals surface area (Å²) in [5.74, 6) is -1.20. The molecule has 0 radical (unpaired) electrons. The van der Waals surface area contributed by atoms with Gasteiger partial charge in [0.1, 0.15) is 5.75 Å². The third-order valence-electron chi connectivity index (χ3n) is 2.88. The van der Waals surface area contributed by atoms with Crippen LogP contribution in [0.15, 0.2) is 47.6 Å². The first-order chi connectivity index (χ1) is 11.5. The maximum absolute atomic E-state index is 11.8. The molecule has 2 amide bonds. The molecule has 0 aliphatic carbocycles. The normalized spacial score (nSPS) is 10.5. The molecule has 0 aromatic heterocycles. The largest absolute Gasteiger partial charge is 0.497 e. The number of halogens is 2. The van der Waals surface area contributed by atoms with Crippen molar-refractivity contribution in [3.05, 3.63) is 58.1 Å². The molecule has 0 heterocycles. The highest BCUT2D eigenvalue weighted by molar-refractivity contribution is 6.45. The molecule has 8 heteroatoms. The van der Waals surface area contributed by atoms with E-state index in [1.165, 1.54) is 12.3 Å². The van der Waals surface area contributed by atoms with Gasteiger partial charge in [-0.2, -0.15) is 5.10 Å². The molecule has 2 aromatic rings. The second-order valence-electron chi connectivity index (χ2n) is 4.53. The number of nitrogens with zero attached hydrogens (tertiary/aromatic N) is 1. The minimum absolute atomic E-state index is 0.153. The zero-order chi connectivity index (χ0) is 17.5. The fraction of sp³-hybridized carbons (Fsp3) is 0.0625. The molecule has 0 saturated heterocycles. The Labute approximate surface area is 148 Å². The maximum Gasteiger partial charge on any atom is 0.329 e. The lowest BCUT2D eigenvalue weighted by Crippen LogP contribution is -2.32. The molecule has 0 fully saturated rings. The van der Waals surface area contributed by atoms with Gasteiger partial charge in [0.05, 0.1) is 29.1 Å². The van der Waals surface area contributed by atoms with Crippen LogP contribution in [0.1, 0.15) is 5.56 Å². The molecule has 6 nitrogen and oxygen atoms in total. The van der Waals surface area contributed by atoms with Crippen LogP contribution in [0.3, 0.4) is 0 Å². The van der Waals surface area contributed by atoms with Crippen LogP contribution in [0.2, 0.25) is 10.0 Å². The van der Waals surface area contributed by atoms with Gasteiger partial charge in [-0.3, -0.25) is 9.59 Å². The Morgan fingerprint density at radius 1 is 1.12 bits per heavy atom. The van der Waals surface area contributed by atoms with Crippen LogP contribution < -0.4 is 15.5 Å². The lowest BCUT2D eigenvalue weighted by Gasteiger charge is -2.06. The molecule has 0 unspecified atom stereocenters. The van der Waals surface area contributed by atoms with Gasteiger partial charge in [-0.15, -0.1) is 0 Å². The van der Waals surface area contributed by atoms with Gasteiger partial charge in [0.15, 0.2) is 0 Å². The van der Waals surface area contributed by atoms with Crippen molar-refractivity contribution in [1.82, 2.24) is 5.43 Å². The number of ether oxygens (including phenoxy) is 1. The fourth-order valence-electron chi connectivity index (χ4n) is 1.72. The molecule has 0 saturated carbocycles. The average molecular weight is 366 g/mol. The Bertz CT molecular complexity index is 794. The average Bonchev–Trinajstić information content (AvgIpc) is 2.59. The number of methoxy groups -OCH3 is 1. The van der Waals surface area contributed by atoms with Crippen LogP contribution in [0.4, 0.5) is 5.69 Å². The monoisotopic (exact) mass is 365 g/mol. The molecule has 0 atom stereocenters. The van der Waals surface area contributed by atoms with Gasteiger partial charge in [0.2, 0.25) is 0 Å². The predicted octanol–water partition coefficient (Wildman–Crippen LogP) is 3.09.